The maximum atomic E-state index is 13.6. The van der Waals surface area contributed by atoms with Crippen LogP contribution in [0.15, 0.2) is 0 Å². The van der Waals surface area contributed by atoms with E-state index in [2.05, 4.69) is 47.9 Å². The Bertz CT molecular complexity index is 2210. The summed E-state index contributed by atoms with van der Waals surface area (Å²) in [5, 5.41) is 111. The van der Waals surface area contributed by atoms with Crippen LogP contribution in [0, 0.1) is 0 Å². The molecule has 35 heteroatoms. The van der Waals surface area contributed by atoms with Gasteiger partial charge in [0.2, 0.25) is 53.2 Å². The third kappa shape index (κ3) is 22.6. The summed E-state index contributed by atoms with van der Waals surface area (Å²) in [6.45, 7) is 3.99. The van der Waals surface area contributed by atoms with E-state index in [1.165, 1.54) is 6.92 Å². The molecule has 18 unspecified atom stereocenters. The molecule has 0 aliphatic carbocycles. The summed E-state index contributed by atoms with van der Waals surface area (Å²) >= 11 is 0. The fourth-order valence-corrected chi connectivity index (χ4v) is 7.92. The Kier molecular flexibility index (Phi) is 29.4. The molecule has 460 valence electrons. The van der Waals surface area contributed by atoms with Crippen LogP contribution in [0.1, 0.15) is 80.1 Å². The van der Waals surface area contributed by atoms with Gasteiger partial charge in [-0.25, -0.2) is 4.79 Å². The first-order chi connectivity index (χ1) is 37.9. The summed E-state index contributed by atoms with van der Waals surface area (Å²) in [7, 11) is 0. The number of unbranched alkanes of at least 4 members (excludes halogenated alkanes) is 1. The maximum Gasteiger partial charge on any atom is 0.326 e. The van der Waals surface area contributed by atoms with E-state index in [-0.39, 0.29) is 25.8 Å². The molecule has 18 atom stereocenters. The number of hydrogen-bond acceptors (Lipinski definition) is 23. The van der Waals surface area contributed by atoms with Crippen molar-refractivity contribution in [2.24, 2.45) is 5.73 Å². The van der Waals surface area contributed by atoms with E-state index < -0.39 is 220 Å². The summed E-state index contributed by atoms with van der Waals surface area (Å²) in [5.41, 5.74) is 5.49. The summed E-state index contributed by atoms with van der Waals surface area (Å²) < 4.78 is 23.2. The molecule has 20 N–H and O–H groups in total. The molecule has 0 bridgehead atoms. The Morgan fingerprint density at radius 2 is 1.12 bits per heavy atom. The summed E-state index contributed by atoms with van der Waals surface area (Å²) in [6.07, 6.45) is -17.4. The molecule has 0 aromatic rings. The number of nitrogens with one attached hydrogen (secondary N) is 9. The zero-order valence-electron chi connectivity index (χ0n) is 45.1. The lowest BCUT2D eigenvalue weighted by atomic mass is 9.94. The second kappa shape index (κ2) is 33.8. The summed E-state index contributed by atoms with van der Waals surface area (Å²) in [5.74, 6) is -12.8. The van der Waals surface area contributed by atoms with Gasteiger partial charge in [0.1, 0.15) is 91.1 Å². The number of aliphatic carboxylic acids is 3. The first-order valence-corrected chi connectivity index (χ1v) is 25.4. The molecular formula is C46H76N10O25. The number of carbonyl (C=O) groups excluding carboxylic acids is 9. The Labute approximate surface area is 462 Å². The molecule has 2 aliphatic heterocycles. The zero-order chi connectivity index (χ0) is 61.6. The van der Waals surface area contributed by atoms with E-state index in [4.69, 9.17) is 34.9 Å². The summed E-state index contributed by atoms with van der Waals surface area (Å²) in [4.78, 5) is 150. The highest BCUT2D eigenvalue weighted by atomic mass is 16.7. The van der Waals surface area contributed by atoms with Crippen LogP contribution in [0.3, 0.4) is 0 Å². The Morgan fingerprint density at radius 3 is 1.67 bits per heavy atom. The van der Waals surface area contributed by atoms with E-state index >= 15 is 0 Å². The van der Waals surface area contributed by atoms with Gasteiger partial charge in [0.05, 0.1) is 32.3 Å². The van der Waals surface area contributed by atoms with E-state index in [1.807, 2.05) is 0 Å². The Morgan fingerprint density at radius 1 is 0.568 bits per heavy atom. The molecule has 2 rings (SSSR count). The van der Waals surface area contributed by atoms with E-state index in [1.54, 1.807) is 0 Å². The number of carboxylic acids is 3. The molecular weight excluding hydrogens is 1090 g/mol. The summed E-state index contributed by atoms with van der Waals surface area (Å²) in [6, 6.07) is -13.7. The highest BCUT2D eigenvalue weighted by molar-refractivity contribution is 5.94. The van der Waals surface area contributed by atoms with Gasteiger partial charge in [-0.15, -0.1) is 0 Å². The monoisotopic (exact) mass is 1170 g/mol. The van der Waals surface area contributed by atoms with Crippen molar-refractivity contribution in [3.8, 4) is 0 Å². The van der Waals surface area contributed by atoms with Gasteiger partial charge in [-0.05, 0) is 53.4 Å². The smallest absolute Gasteiger partial charge is 0.326 e. The van der Waals surface area contributed by atoms with Crippen molar-refractivity contribution in [1.29, 1.82) is 0 Å². The minimum atomic E-state index is -1.94. The molecule has 0 radical (unpaired) electrons. The lowest BCUT2D eigenvalue weighted by Gasteiger charge is -2.48. The van der Waals surface area contributed by atoms with Gasteiger partial charge in [-0.1, -0.05) is 0 Å². The molecule has 2 heterocycles. The lowest BCUT2D eigenvalue weighted by molar-refractivity contribution is -0.333. The average molecular weight is 1170 g/mol. The Hall–Kier alpha value is -6.80. The number of carbonyl (C=O) groups is 12. The van der Waals surface area contributed by atoms with Gasteiger partial charge in [0.15, 0.2) is 12.6 Å². The number of hydrogen-bond donors (Lipinski definition) is 19. The highest BCUT2D eigenvalue weighted by Crippen LogP contribution is 2.31. The van der Waals surface area contributed by atoms with Gasteiger partial charge >= 0.3 is 17.9 Å². The molecule has 2 aliphatic rings. The molecule has 0 aromatic carbocycles. The molecule has 2 fully saturated rings. The van der Waals surface area contributed by atoms with Gasteiger partial charge in [0.25, 0.3) is 0 Å². The van der Waals surface area contributed by atoms with Crippen LogP contribution >= 0.6 is 0 Å². The van der Waals surface area contributed by atoms with E-state index in [9.17, 15) is 93.3 Å². The molecule has 2 saturated heterocycles. The first kappa shape index (κ1) is 70.3. The number of aliphatic hydroxyl groups excluding tert-OH is 6. The van der Waals surface area contributed by atoms with Crippen molar-refractivity contribution in [1.82, 2.24) is 47.9 Å². The molecule has 81 heavy (non-hydrogen) atoms. The quantitative estimate of drug-likeness (QED) is 0.0271. The van der Waals surface area contributed by atoms with Gasteiger partial charge in [-0.2, -0.15) is 0 Å². The number of aliphatic hydroxyl groups is 6. The number of nitrogens with two attached hydrogens (primary N) is 1. The number of amides is 9. The van der Waals surface area contributed by atoms with Crippen LogP contribution in [0.5, 0.6) is 0 Å². The third-order valence-corrected chi connectivity index (χ3v) is 12.4. The van der Waals surface area contributed by atoms with E-state index in [0.29, 0.717) is 0 Å². The average Bonchev–Trinajstić information content (AvgIpc) is 3.55. The first-order valence-electron chi connectivity index (χ1n) is 25.4. The van der Waals surface area contributed by atoms with Crippen LogP contribution in [0.4, 0.5) is 0 Å². The topological polar surface area (TPSA) is 558 Å². The van der Waals surface area contributed by atoms with Crippen molar-refractivity contribution in [3.05, 3.63) is 0 Å². The number of rotatable bonds is 33. The molecule has 9 amide bonds. The van der Waals surface area contributed by atoms with Crippen LogP contribution in [0.25, 0.3) is 0 Å². The van der Waals surface area contributed by atoms with Crippen LogP contribution in [-0.2, 0) is 76.5 Å². The van der Waals surface area contributed by atoms with Crippen LogP contribution in [-0.4, -0.2) is 253 Å². The molecule has 0 spiro atoms. The minimum absolute atomic E-state index is 0.0544. The second-order valence-electron chi connectivity index (χ2n) is 19.1. The lowest BCUT2D eigenvalue weighted by Crippen LogP contribution is -2.70. The van der Waals surface area contributed by atoms with Crippen molar-refractivity contribution < 1.29 is 122 Å². The van der Waals surface area contributed by atoms with Gasteiger partial charge < -0.3 is 118 Å². The maximum absolute atomic E-state index is 13.6. The number of ether oxygens (including phenoxy) is 4. The van der Waals surface area contributed by atoms with Crippen molar-refractivity contribution >= 4 is 71.1 Å². The SMILES string of the molecule is CC(=O)NC1C(OC2C(CO)OC(O)C(NC(C)=O)C2OC(C)C(=O)NC(C)C(=O)NC(CCC(=O)NC(CCCCNC(=O)C(CO)NC(=O)C(N)CC(=O)O)C(=O)NC(C)C(=O)NC(C)C(=O)O)C(=O)O)OC(CO)C(O)C1O. The van der Waals surface area contributed by atoms with Gasteiger partial charge in [0, 0.05) is 26.8 Å². The van der Waals surface area contributed by atoms with Crippen molar-refractivity contribution in [3.63, 3.8) is 0 Å². The van der Waals surface area contributed by atoms with E-state index in [0.717, 1.165) is 34.6 Å². The zero-order valence-corrected chi connectivity index (χ0v) is 45.1. The largest absolute Gasteiger partial charge is 0.481 e. The predicted molar refractivity (Wildman–Crippen MR) is 267 cm³/mol. The highest BCUT2D eigenvalue weighted by Gasteiger charge is 2.53. The predicted octanol–water partition coefficient (Wildman–Crippen LogP) is -9.70. The van der Waals surface area contributed by atoms with Crippen LogP contribution < -0.4 is 53.6 Å². The number of carboxylic acid groups (broad SMARTS) is 3. The van der Waals surface area contributed by atoms with Crippen molar-refractivity contribution in [2.45, 2.75) is 190 Å². The van der Waals surface area contributed by atoms with Crippen molar-refractivity contribution in [2.75, 3.05) is 26.4 Å². The fraction of sp³-hybridized carbons (Fsp3) is 0.739. The van der Waals surface area contributed by atoms with Crippen LogP contribution in [0.2, 0.25) is 0 Å². The standard InChI is InChI=1S/C46H76N10O25/c1-17(37(67)51-19(3)43(73)74)50-42(72)24(9-7-8-12-48-41(71)26(14-57)56-40(70)23(47)13-30(63)64)54-29(62)11-10-25(44(75)76)55-38(68)18(2)49-39(69)20(4)78-36-32(53-22(6)61)45(77)79-28(16-59)35(36)81-46-31(52-21(5)60)34(66)33(65)27(15-58)80-46/h17-20,23-28,31-36,45-46,57-59,65-66,77H,7-16,47H2,1-6H3,(H,48,71)(H,49,69)(H,50,72)(H,51,67)(H,52,60)(H,53,61)(H,54,62)(H,55,68)(H,56,70)(H,63,64)(H,73,74)(H,75,76). The minimum Gasteiger partial charge on any atom is -0.481 e. The normalized spacial score (nSPS) is 25.4. The molecule has 35 nitrogen and oxygen atoms in total. The van der Waals surface area contributed by atoms with Gasteiger partial charge in [-0.3, -0.25) is 52.7 Å². The Balaban J connectivity index is 2.21. The second-order valence-corrected chi connectivity index (χ2v) is 19.1. The fourth-order valence-electron chi connectivity index (χ4n) is 7.92. The molecule has 0 saturated carbocycles. The third-order valence-electron chi connectivity index (χ3n) is 12.4. The molecule has 0 aromatic heterocycles.